The van der Waals surface area contributed by atoms with Gasteiger partial charge in [-0.25, -0.2) is 0 Å². The number of aryl methyl sites for hydroxylation is 2. The number of nitrogens with one attached hydrogen (secondary N) is 1. The molecule has 3 rings (SSSR count). The summed E-state index contributed by atoms with van der Waals surface area (Å²) in [6.07, 6.45) is 5.65. The summed E-state index contributed by atoms with van der Waals surface area (Å²) in [5.74, 6) is 0.520. The molecule has 1 fully saturated rings. The normalized spacial score (nSPS) is 20.5. The Morgan fingerprint density at radius 1 is 1.48 bits per heavy atom. The van der Waals surface area contributed by atoms with Crippen LogP contribution in [0.4, 0.5) is 0 Å². The van der Waals surface area contributed by atoms with Crippen molar-refractivity contribution in [2.75, 3.05) is 7.05 Å². The minimum absolute atomic E-state index is 0.0673. The Kier molecular flexibility index (Phi) is 4.07. The first-order valence-corrected chi connectivity index (χ1v) is 9.19. The topological polar surface area (TPSA) is 67.2 Å². The monoisotopic (exact) mass is 312 g/mol. The number of hydrogen-bond donors (Lipinski definition) is 1. The van der Waals surface area contributed by atoms with E-state index in [2.05, 4.69) is 9.82 Å². The second-order valence-corrected chi connectivity index (χ2v) is 8.04. The molecule has 1 unspecified atom stereocenters. The predicted octanol–water partition coefficient (Wildman–Crippen LogP) is 1.28. The molecule has 1 aliphatic heterocycles. The lowest BCUT2D eigenvalue weighted by molar-refractivity contribution is 0.351. The van der Waals surface area contributed by atoms with Crippen LogP contribution in [0.2, 0.25) is 0 Å². The zero-order valence-electron chi connectivity index (χ0n) is 12.7. The minimum Gasteiger partial charge on any atom is -0.269 e. The highest BCUT2D eigenvalue weighted by atomic mass is 32.2. The molecular formula is C14H24N4O2S. The Balaban J connectivity index is 1.61. The summed E-state index contributed by atoms with van der Waals surface area (Å²) in [5, 5.41) is 4.48. The van der Waals surface area contributed by atoms with Gasteiger partial charge in [-0.15, -0.1) is 0 Å². The van der Waals surface area contributed by atoms with E-state index in [9.17, 15) is 8.42 Å². The van der Waals surface area contributed by atoms with Gasteiger partial charge in [0.05, 0.1) is 12.2 Å². The van der Waals surface area contributed by atoms with E-state index in [0.717, 1.165) is 37.9 Å². The molecule has 1 aromatic rings. The van der Waals surface area contributed by atoms with Crippen LogP contribution in [-0.2, 0) is 29.7 Å². The van der Waals surface area contributed by atoms with E-state index in [1.807, 2.05) is 17.7 Å². The van der Waals surface area contributed by atoms with Crippen molar-refractivity contribution >= 4 is 10.2 Å². The Bertz CT molecular complexity index is 583. The van der Waals surface area contributed by atoms with E-state index in [4.69, 9.17) is 0 Å². The molecule has 1 atom stereocenters. The molecular weight excluding hydrogens is 288 g/mol. The van der Waals surface area contributed by atoms with Gasteiger partial charge in [0.1, 0.15) is 0 Å². The largest absolute Gasteiger partial charge is 0.279 e. The molecule has 6 nitrogen and oxygen atoms in total. The van der Waals surface area contributed by atoms with Crippen molar-refractivity contribution < 1.29 is 8.42 Å². The van der Waals surface area contributed by atoms with Gasteiger partial charge in [0.25, 0.3) is 10.2 Å². The van der Waals surface area contributed by atoms with Crippen LogP contribution in [0.15, 0.2) is 6.07 Å². The quantitative estimate of drug-likeness (QED) is 0.860. The minimum atomic E-state index is -3.43. The van der Waals surface area contributed by atoms with Crippen LogP contribution in [0.1, 0.15) is 44.0 Å². The van der Waals surface area contributed by atoms with E-state index in [0.29, 0.717) is 5.92 Å². The zero-order valence-corrected chi connectivity index (χ0v) is 13.6. The Morgan fingerprint density at radius 3 is 2.90 bits per heavy atom. The zero-order chi connectivity index (χ0) is 15.0. The fourth-order valence-corrected chi connectivity index (χ4v) is 4.07. The highest BCUT2D eigenvalue weighted by molar-refractivity contribution is 7.87. The number of aromatic nitrogens is 2. The van der Waals surface area contributed by atoms with E-state index >= 15 is 0 Å². The highest BCUT2D eigenvalue weighted by Gasteiger charge is 2.35. The Hall–Kier alpha value is -0.920. The van der Waals surface area contributed by atoms with Gasteiger partial charge in [-0.05, 0) is 51.0 Å². The third-order valence-corrected chi connectivity index (χ3v) is 6.26. The first-order valence-electron chi connectivity index (χ1n) is 7.75. The molecule has 2 aliphatic rings. The highest BCUT2D eigenvalue weighted by Crippen LogP contribution is 2.35. The van der Waals surface area contributed by atoms with Crippen molar-refractivity contribution in [2.24, 2.45) is 5.92 Å². The van der Waals surface area contributed by atoms with Crippen molar-refractivity contribution in [2.45, 2.75) is 58.2 Å². The van der Waals surface area contributed by atoms with Gasteiger partial charge < -0.3 is 0 Å². The number of fused-ring (bicyclic) bond motifs is 1. The SMILES string of the molecule is CC(C1CC1)N(C)S(=O)(=O)NCc1cc2n(n1)CCCC2. The van der Waals surface area contributed by atoms with E-state index in [1.165, 1.54) is 16.4 Å². The van der Waals surface area contributed by atoms with Crippen molar-refractivity contribution in [3.8, 4) is 0 Å². The maximum absolute atomic E-state index is 12.3. The van der Waals surface area contributed by atoms with Gasteiger partial charge in [-0.1, -0.05) is 0 Å². The first kappa shape index (κ1) is 15.0. The molecule has 7 heteroatoms. The maximum Gasteiger partial charge on any atom is 0.279 e. The molecule has 1 N–H and O–H groups in total. The average molecular weight is 312 g/mol. The van der Waals surface area contributed by atoms with Crippen molar-refractivity contribution in [3.63, 3.8) is 0 Å². The summed E-state index contributed by atoms with van der Waals surface area (Å²) in [6, 6.07) is 2.09. The van der Waals surface area contributed by atoms with Crippen LogP contribution >= 0.6 is 0 Å². The van der Waals surface area contributed by atoms with Gasteiger partial charge in [-0.2, -0.15) is 22.5 Å². The maximum atomic E-state index is 12.3. The molecule has 0 amide bonds. The van der Waals surface area contributed by atoms with Crippen LogP contribution in [-0.4, -0.2) is 35.6 Å². The third-order valence-electron chi connectivity index (χ3n) is 4.66. The lowest BCUT2D eigenvalue weighted by Gasteiger charge is -2.24. The first-order chi connectivity index (χ1) is 9.97. The molecule has 0 aromatic carbocycles. The molecule has 0 radical (unpaired) electrons. The third kappa shape index (κ3) is 3.30. The molecule has 2 heterocycles. The Morgan fingerprint density at radius 2 is 2.24 bits per heavy atom. The van der Waals surface area contributed by atoms with Crippen LogP contribution < -0.4 is 4.72 Å². The summed E-state index contributed by atoms with van der Waals surface area (Å²) in [4.78, 5) is 0. The van der Waals surface area contributed by atoms with Gasteiger partial charge in [0, 0.05) is 25.3 Å². The summed E-state index contributed by atoms with van der Waals surface area (Å²) in [6.45, 7) is 3.19. The van der Waals surface area contributed by atoms with E-state index in [-0.39, 0.29) is 12.6 Å². The predicted molar refractivity (Wildman–Crippen MR) is 80.9 cm³/mol. The molecule has 1 aromatic heterocycles. The van der Waals surface area contributed by atoms with Gasteiger partial charge in [0.15, 0.2) is 0 Å². The van der Waals surface area contributed by atoms with Crippen LogP contribution in [0.5, 0.6) is 0 Å². The summed E-state index contributed by atoms with van der Waals surface area (Å²) in [5.41, 5.74) is 2.03. The second kappa shape index (κ2) is 5.70. The lowest BCUT2D eigenvalue weighted by Crippen LogP contribution is -2.43. The number of hydrogen-bond acceptors (Lipinski definition) is 3. The number of nitrogens with zero attached hydrogens (tertiary/aromatic N) is 3. The van der Waals surface area contributed by atoms with Crippen molar-refractivity contribution in [1.82, 2.24) is 18.8 Å². The van der Waals surface area contributed by atoms with Crippen LogP contribution in [0.25, 0.3) is 0 Å². The van der Waals surface area contributed by atoms with Crippen LogP contribution in [0, 0.1) is 5.92 Å². The van der Waals surface area contributed by atoms with Crippen LogP contribution in [0.3, 0.4) is 0 Å². The van der Waals surface area contributed by atoms with Gasteiger partial charge >= 0.3 is 0 Å². The van der Waals surface area contributed by atoms with E-state index < -0.39 is 10.2 Å². The second-order valence-electron chi connectivity index (χ2n) is 6.23. The van der Waals surface area contributed by atoms with Gasteiger partial charge in [0.2, 0.25) is 0 Å². The van der Waals surface area contributed by atoms with Crippen molar-refractivity contribution in [3.05, 3.63) is 17.5 Å². The Labute approximate surface area is 126 Å². The molecule has 21 heavy (non-hydrogen) atoms. The molecule has 1 saturated carbocycles. The molecule has 0 saturated heterocycles. The molecule has 1 aliphatic carbocycles. The van der Waals surface area contributed by atoms with E-state index in [1.54, 1.807) is 7.05 Å². The number of rotatable bonds is 6. The molecule has 0 spiro atoms. The smallest absolute Gasteiger partial charge is 0.269 e. The van der Waals surface area contributed by atoms with Crippen molar-refractivity contribution in [1.29, 1.82) is 0 Å². The summed E-state index contributed by atoms with van der Waals surface area (Å²) in [7, 11) is -1.77. The summed E-state index contributed by atoms with van der Waals surface area (Å²) < 4.78 is 30.7. The molecule has 118 valence electrons. The van der Waals surface area contributed by atoms with Gasteiger partial charge in [-0.3, -0.25) is 4.68 Å². The summed E-state index contributed by atoms with van der Waals surface area (Å²) >= 11 is 0. The fraction of sp³-hybridized carbons (Fsp3) is 0.786. The fourth-order valence-electron chi connectivity index (χ4n) is 2.93. The standard InChI is InChI=1S/C14H24N4O2S/c1-11(12-6-7-12)17(2)21(19,20)15-10-13-9-14-5-3-4-8-18(14)16-13/h9,11-12,15H,3-8,10H2,1-2H3. The lowest BCUT2D eigenvalue weighted by atomic mass is 10.1. The molecule has 0 bridgehead atoms. The average Bonchev–Trinajstić information content (AvgIpc) is 3.23.